The molecule has 3 rings (SSSR count). The van der Waals surface area contributed by atoms with Crippen molar-refractivity contribution in [2.24, 2.45) is 5.92 Å². The van der Waals surface area contributed by atoms with Gasteiger partial charge in [-0.1, -0.05) is 0 Å². The number of aliphatic hydroxyl groups is 1. The quantitative estimate of drug-likeness (QED) is 0.886. The summed E-state index contributed by atoms with van der Waals surface area (Å²) in [4.78, 5) is 25.1. The Labute approximate surface area is 124 Å². The van der Waals surface area contributed by atoms with Crippen molar-refractivity contribution in [2.45, 2.75) is 31.7 Å². The number of rotatable bonds is 3. The molecule has 0 unspecified atom stereocenters. The smallest absolute Gasteiger partial charge is 0.226 e. The lowest BCUT2D eigenvalue weighted by Gasteiger charge is -2.35. The van der Waals surface area contributed by atoms with E-state index >= 15 is 0 Å². The second kappa shape index (κ2) is 6.39. The van der Waals surface area contributed by atoms with E-state index in [9.17, 15) is 9.90 Å². The molecule has 1 amide bonds. The first-order chi connectivity index (χ1) is 10.3. The van der Waals surface area contributed by atoms with Crippen LogP contribution in [0.3, 0.4) is 0 Å². The van der Waals surface area contributed by atoms with Crippen molar-refractivity contribution in [2.75, 3.05) is 31.1 Å². The highest BCUT2D eigenvalue weighted by atomic mass is 16.3. The van der Waals surface area contributed by atoms with Crippen molar-refractivity contribution in [3.05, 3.63) is 18.6 Å². The molecule has 3 heterocycles. The normalized spacial score (nSPS) is 23.6. The first-order valence-electron chi connectivity index (χ1n) is 7.72. The number of carbonyl (C=O) groups excluding carboxylic acids is 1. The third kappa shape index (κ3) is 3.00. The van der Waals surface area contributed by atoms with Crippen molar-refractivity contribution < 1.29 is 9.90 Å². The summed E-state index contributed by atoms with van der Waals surface area (Å²) < 4.78 is 0. The van der Waals surface area contributed by atoms with E-state index in [1.807, 2.05) is 4.90 Å². The molecule has 2 saturated heterocycles. The molecular formula is C15H22N4O2. The molecule has 0 saturated carbocycles. The first-order valence-corrected chi connectivity index (χ1v) is 7.72. The number of hydrogen-bond acceptors (Lipinski definition) is 5. The van der Waals surface area contributed by atoms with E-state index < -0.39 is 0 Å². The molecule has 6 nitrogen and oxygen atoms in total. The number of carbonyl (C=O) groups is 1. The fraction of sp³-hybridized carbons (Fsp3) is 0.667. The van der Waals surface area contributed by atoms with Gasteiger partial charge >= 0.3 is 0 Å². The Bertz CT molecular complexity index is 474. The number of nitrogens with zero attached hydrogens (tertiary/aromatic N) is 4. The summed E-state index contributed by atoms with van der Waals surface area (Å²) in [5.41, 5.74) is 0. The summed E-state index contributed by atoms with van der Waals surface area (Å²) in [7, 11) is 0. The van der Waals surface area contributed by atoms with Gasteiger partial charge in [0.1, 0.15) is 5.82 Å². The molecule has 1 aromatic rings. The maximum atomic E-state index is 12.6. The molecular weight excluding hydrogens is 268 g/mol. The summed E-state index contributed by atoms with van der Waals surface area (Å²) in [6, 6.07) is 0.0375. The maximum Gasteiger partial charge on any atom is 0.226 e. The van der Waals surface area contributed by atoms with E-state index in [-0.39, 0.29) is 24.5 Å². The van der Waals surface area contributed by atoms with Crippen LogP contribution in [0.2, 0.25) is 0 Å². The van der Waals surface area contributed by atoms with Gasteiger partial charge in [-0.25, -0.2) is 4.98 Å². The largest absolute Gasteiger partial charge is 0.394 e. The Hall–Kier alpha value is -1.69. The van der Waals surface area contributed by atoms with Crippen molar-refractivity contribution in [3.8, 4) is 0 Å². The van der Waals surface area contributed by atoms with Gasteiger partial charge < -0.3 is 14.9 Å². The lowest BCUT2D eigenvalue weighted by molar-refractivity contribution is -0.137. The molecule has 21 heavy (non-hydrogen) atoms. The van der Waals surface area contributed by atoms with E-state index in [1.165, 1.54) is 0 Å². The van der Waals surface area contributed by atoms with Crippen LogP contribution in [0, 0.1) is 5.92 Å². The van der Waals surface area contributed by atoms with Crippen LogP contribution in [0.1, 0.15) is 25.7 Å². The fourth-order valence-electron chi connectivity index (χ4n) is 3.36. The maximum absolute atomic E-state index is 12.6. The van der Waals surface area contributed by atoms with Gasteiger partial charge in [-0.15, -0.1) is 0 Å². The molecule has 6 heteroatoms. The second-order valence-corrected chi connectivity index (χ2v) is 5.84. The molecule has 1 N–H and O–H groups in total. The number of piperidine rings is 1. The van der Waals surface area contributed by atoms with Gasteiger partial charge in [0.15, 0.2) is 0 Å². The molecule has 0 aliphatic carbocycles. The van der Waals surface area contributed by atoms with Gasteiger partial charge in [-0.05, 0) is 25.7 Å². The summed E-state index contributed by atoms with van der Waals surface area (Å²) in [5, 5.41) is 9.36. The predicted octanol–water partition coefficient (Wildman–Crippen LogP) is 0.676. The van der Waals surface area contributed by atoms with Crippen LogP contribution in [-0.4, -0.2) is 58.2 Å². The van der Waals surface area contributed by atoms with Crippen LogP contribution >= 0.6 is 0 Å². The summed E-state index contributed by atoms with van der Waals surface area (Å²) in [5.74, 6) is 1.20. The monoisotopic (exact) mass is 290 g/mol. The molecule has 2 fully saturated rings. The SMILES string of the molecule is O=C(C1CCN(c2cnccn2)CC1)N1CCC[C@@H]1CO. The average Bonchev–Trinajstić information content (AvgIpc) is 3.04. The zero-order chi connectivity index (χ0) is 14.7. The summed E-state index contributed by atoms with van der Waals surface area (Å²) >= 11 is 0. The van der Waals surface area contributed by atoms with Crippen LogP contribution in [0.15, 0.2) is 18.6 Å². The van der Waals surface area contributed by atoms with Gasteiger partial charge in [0.05, 0.1) is 18.8 Å². The second-order valence-electron chi connectivity index (χ2n) is 5.84. The third-order valence-corrected chi connectivity index (χ3v) is 4.59. The van der Waals surface area contributed by atoms with E-state index in [0.29, 0.717) is 0 Å². The van der Waals surface area contributed by atoms with Gasteiger partial charge in [0.25, 0.3) is 0 Å². The van der Waals surface area contributed by atoms with E-state index in [4.69, 9.17) is 0 Å². The van der Waals surface area contributed by atoms with Gasteiger partial charge in [0, 0.05) is 37.9 Å². The van der Waals surface area contributed by atoms with Crippen molar-refractivity contribution in [1.82, 2.24) is 14.9 Å². The Morgan fingerprint density at radius 1 is 1.24 bits per heavy atom. The van der Waals surface area contributed by atoms with Crippen molar-refractivity contribution in [3.63, 3.8) is 0 Å². The van der Waals surface area contributed by atoms with Crippen LogP contribution < -0.4 is 4.90 Å². The van der Waals surface area contributed by atoms with Crippen LogP contribution in [0.4, 0.5) is 5.82 Å². The third-order valence-electron chi connectivity index (χ3n) is 4.59. The Morgan fingerprint density at radius 2 is 2.05 bits per heavy atom. The predicted molar refractivity (Wildman–Crippen MR) is 78.8 cm³/mol. The standard InChI is InChI=1S/C15H22N4O2/c20-11-13-2-1-7-19(13)15(21)12-3-8-18(9-4-12)14-10-16-5-6-17-14/h5-6,10,12-13,20H,1-4,7-9,11H2/t13-/m1/s1. The van der Waals surface area contributed by atoms with E-state index in [2.05, 4.69) is 14.9 Å². The Kier molecular flexibility index (Phi) is 4.34. The van der Waals surface area contributed by atoms with Crippen LogP contribution in [0.25, 0.3) is 0 Å². The molecule has 114 valence electrons. The number of anilines is 1. The van der Waals surface area contributed by atoms with Gasteiger partial charge in [0.2, 0.25) is 5.91 Å². The van der Waals surface area contributed by atoms with Crippen molar-refractivity contribution >= 4 is 11.7 Å². The number of aliphatic hydroxyl groups excluding tert-OH is 1. The molecule has 0 bridgehead atoms. The van der Waals surface area contributed by atoms with Crippen LogP contribution in [-0.2, 0) is 4.79 Å². The fourth-order valence-corrected chi connectivity index (χ4v) is 3.36. The average molecular weight is 290 g/mol. The zero-order valence-electron chi connectivity index (χ0n) is 12.2. The summed E-state index contributed by atoms with van der Waals surface area (Å²) in [6.07, 6.45) is 8.78. The summed E-state index contributed by atoms with van der Waals surface area (Å²) in [6.45, 7) is 2.57. The number of aromatic nitrogens is 2. The molecule has 2 aliphatic rings. The number of hydrogen-bond donors (Lipinski definition) is 1. The van der Waals surface area contributed by atoms with Gasteiger partial charge in [-0.3, -0.25) is 9.78 Å². The van der Waals surface area contributed by atoms with E-state index in [1.54, 1.807) is 18.6 Å². The van der Waals surface area contributed by atoms with Gasteiger partial charge in [-0.2, -0.15) is 0 Å². The highest BCUT2D eigenvalue weighted by Gasteiger charge is 2.34. The molecule has 1 aromatic heterocycles. The minimum atomic E-state index is 0.0375. The van der Waals surface area contributed by atoms with Crippen LogP contribution in [0.5, 0.6) is 0 Å². The minimum Gasteiger partial charge on any atom is -0.394 e. The Balaban J connectivity index is 1.57. The highest BCUT2D eigenvalue weighted by Crippen LogP contribution is 2.26. The molecule has 0 aromatic carbocycles. The number of amides is 1. The molecule has 0 radical (unpaired) electrons. The van der Waals surface area contributed by atoms with Crippen molar-refractivity contribution in [1.29, 1.82) is 0 Å². The zero-order valence-corrected chi connectivity index (χ0v) is 12.2. The Morgan fingerprint density at radius 3 is 2.71 bits per heavy atom. The highest BCUT2D eigenvalue weighted by molar-refractivity contribution is 5.79. The lowest BCUT2D eigenvalue weighted by atomic mass is 9.95. The first kappa shape index (κ1) is 14.3. The lowest BCUT2D eigenvalue weighted by Crippen LogP contribution is -2.45. The minimum absolute atomic E-state index is 0.0375. The molecule has 2 aliphatic heterocycles. The topological polar surface area (TPSA) is 69.6 Å². The molecule has 1 atom stereocenters. The molecule has 0 spiro atoms. The van der Waals surface area contributed by atoms with E-state index in [0.717, 1.165) is 51.1 Å². The number of likely N-dealkylation sites (tertiary alicyclic amines) is 1.